The largest absolute Gasteiger partial charge is 0.347 e. The monoisotopic (exact) mass is 183 g/mol. The lowest BCUT2D eigenvalue weighted by molar-refractivity contribution is 0.0924. The van der Waals surface area contributed by atoms with Crippen LogP contribution in [0.15, 0.2) is 17.5 Å². The van der Waals surface area contributed by atoms with E-state index in [4.69, 9.17) is 0 Å². The molecule has 0 aliphatic heterocycles. The van der Waals surface area contributed by atoms with Gasteiger partial charge < -0.3 is 5.32 Å². The van der Waals surface area contributed by atoms with Crippen molar-refractivity contribution in [2.75, 3.05) is 0 Å². The van der Waals surface area contributed by atoms with Crippen molar-refractivity contribution in [3.63, 3.8) is 0 Å². The molecule has 0 atom stereocenters. The van der Waals surface area contributed by atoms with E-state index < -0.39 is 0 Å². The third kappa shape index (κ3) is 2.66. The van der Waals surface area contributed by atoms with Crippen molar-refractivity contribution < 1.29 is 4.79 Å². The van der Waals surface area contributed by atoms with Gasteiger partial charge in [-0.1, -0.05) is 6.07 Å². The van der Waals surface area contributed by atoms with E-state index in [0.717, 1.165) is 4.88 Å². The van der Waals surface area contributed by atoms with Gasteiger partial charge in [-0.15, -0.1) is 11.3 Å². The third-order valence-corrected chi connectivity index (χ3v) is 2.10. The van der Waals surface area contributed by atoms with Gasteiger partial charge in [0, 0.05) is 5.54 Å². The van der Waals surface area contributed by atoms with Crippen LogP contribution < -0.4 is 5.32 Å². The van der Waals surface area contributed by atoms with E-state index in [0.29, 0.717) is 0 Å². The van der Waals surface area contributed by atoms with Gasteiger partial charge in [-0.05, 0) is 32.2 Å². The van der Waals surface area contributed by atoms with Crippen LogP contribution in [0.2, 0.25) is 0 Å². The normalized spacial score (nSPS) is 11.2. The topological polar surface area (TPSA) is 29.1 Å². The number of rotatable bonds is 1. The zero-order valence-corrected chi connectivity index (χ0v) is 8.37. The molecule has 0 aliphatic rings. The molecule has 1 amide bonds. The van der Waals surface area contributed by atoms with E-state index in [1.165, 1.54) is 11.3 Å². The molecule has 0 saturated heterocycles. The molecule has 0 aromatic carbocycles. The Kier molecular flexibility index (Phi) is 2.52. The van der Waals surface area contributed by atoms with Crippen LogP contribution in [0.1, 0.15) is 30.4 Å². The molecule has 0 spiro atoms. The van der Waals surface area contributed by atoms with Crippen molar-refractivity contribution in [3.05, 3.63) is 22.4 Å². The lowest BCUT2D eigenvalue weighted by atomic mass is 10.1. The highest BCUT2D eigenvalue weighted by Crippen LogP contribution is 2.10. The number of nitrogens with one attached hydrogen (secondary N) is 1. The van der Waals surface area contributed by atoms with E-state index >= 15 is 0 Å². The predicted octanol–water partition coefficient (Wildman–Crippen LogP) is 2.28. The van der Waals surface area contributed by atoms with Gasteiger partial charge in [-0.2, -0.15) is 0 Å². The maximum atomic E-state index is 11.4. The van der Waals surface area contributed by atoms with Gasteiger partial charge in [0.15, 0.2) is 0 Å². The fourth-order valence-corrected chi connectivity index (χ4v) is 1.43. The highest BCUT2D eigenvalue weighted by atomic mass is 32.1. The van der Waals surface area contributed by atoms with Crippen molar-refractivity contribution >= 4 is 17.2 Å². The summed E-state index contributed by atoms with van der Waals surface area (Å²) in [5.74, 6) is 0.0116. The van der Waals surface area contributed by atoms with E-state index in [1.54, 1.807) is 0 Å². The van der Waals surface area contributed by atoms with E-state index in [9.17, 15) is 4.79 Å². The standard InChI is InChI=1S/C9H13NOS/c1-9(2,3)10-8(11)7-5-4-6-12-7/h4-6H,1-3H3,(H,10,11). The zero-order chi connectivity index (χ0) is 9.19. The van der Waals surface area contributed by atoms with Crippen LogP contribution in [0, 0.1) is 0 Å². The Balaban J connectivity index is 2.63. The molecule has 0 fully saturated rings. The van der Waals surface area contributed by atoms with Crippen LogP contribution in [0.25, 0.3) is 0 Å². The van der Waals surface area contributed by atoms with Gasteiger partial charge >= 0.3 is 0 Å². The van der Waals surface area contributed by atoms with Gasteiger partial charge in [0.25, 0.3) is 5.91 Å². The summed E-state index contributed by atoms with van der Waals surface area (Å²) in [7, 11) is 0. The Hall–Kier alpha value is -0.830. The van der Waals surface area contributed by atoms with E-state index in [2.05, 4.69) is 5.32 Å². The summed E-state index contributed by atoms with van der Waals surface area (Å²) in [4.78, 5) is 12.2. The highest BCUT2D eigenvalue weighted by Gasteiger charge is 2.15. The first-order chi connectivity index (χ1) is 5.49. The molecule has 0 aliphatic carbocycles. The summed E-state index contributed by atoms with van der Waals surface area (Å²) in [5, 5.41) is 4.79. The molecule has 0 saturated carbocycles. The number of hydrogen-bond donors (Lipinski definition) is 1. The Bertz CT molecular complexity index is 259. The number of thiophene rings is 1. The lowest BCUT2D eigenvalue weighted by Gasteiger charge is -2.19. The summed E-state index contributed by atoms with van der Waals surface area (Å²) in [5.41, 5.74) is -0.152. The Morgan fingerprint density at radius 2 is 2.17 bits per heavy atom. The second-order valence-corrected chi connectivity index (χ2v) is 4.63. The van der Waals surface area contributed by atoms with Gasteiger partial charge in [0.05, 0.1) is 4.88 Å². The summed E-state index contributed by atoms with van der Waals surface area (Å²) in [6.07, 6.45) is 0. The molecule has 0 bridgehead atoms. The molecular formula is C9H13NOS. The van der Waals surface area contributed by atoms with Gasteiger partial charge in [-0.25, -0.2) is 0 Å². The van der Waals surface area contributed by atoms with Crippen LogP contribution in [-0.4, -0.2) is 11.4 Å². The molecule has 12 heavy (non-hydrogen) atoms. The third-order valence-electron chi connectivity index (χ3n) is 1.23. The second-order valence-electron chi connectivity index (χ2n) is 3.68. The average molecular weight is 183 g/mol. The fraction of sp³-hybridized carbons (Fsp3) is 0.444. The molecule has 1 N–H and O–H groups in total. The summed E-state index contributed by atoms with van der Waals surface area (Å²) < 4.78 is 0. The maximum Gasteiger partial charge on any atom is 0.261 e. The number of carbonyl (C=O) groups is 1. The number of hydrogen-bond acceptors (Lipinski definition) is 2. The zero-order valence-electron chi connectivity index (χ0n) is 7.55. The molecule has 3 heteroatoms. The average Bonchev–Trinajstić information content (AvgIpc) is 2.32. The van der Waals surface area contributed by atoms with E-state index in [-0.39, 0.29) is 11.4 Å². The first kappa shape index (κ1) is 9.26. The molecule has 1 heterocycles. The summed E-state index contributed by atoms with van der Waals surface area (Å²) in [6.45, 7) is 5.91. The molecule has 2 nitrogen and oxygen atoms in total. The first-order valence-electron chi connectivity index (χ1n) is 3.85. The van der Waals surface area contributed by atoms with E-state index in [1.807, 2.05) is 38.3 Å². The van der Waals surface area contributed by atoms with Crippen LogP contribution in [0.5, 0.6) is 0 Å². The van der Waals surface area contributed by atoms with Crippen LogP contribution in [-0.2, 0) is 0 Å². The molecule has 1 aromatic rings. The second kappa shape index (κ2) is 3.27. The lowest BCUT2D eigenvalue weighted by Crippen LogP contribution is -2.40. The summed E-state index contributed by atoms with van der Waals surface area (Å²) in [6, 6.07) is 3.70. The first-order valence-corrected chi connectivity index (χ1v) is 4.73. The Morgan fingerprint density at radius 3 is 2.58 bits per heavy atom. The summed E-state index contributed by atoms with van der Waals surface area (Å²) >= 11 is 1.46. The van der Waals surface area contributed by atoms with Crippen LogP contribution >= 0.6 is 11.3 Å². The van der Waals surface area contributed by atoms with Crippen molar-refractivity contribution in [2.24, 2.45) is 0 Å². The van der Waals surface area contributed by atoms with Crippen LogP contribution in [0.4, 0.5) is 0 Å². The van der Waals surface area contributed by atoms with Crippen LogP contribution in [0.3, 0.4) is 0 Å². The van der Waals surface area contributed by atoms with Crippen molar-refractivity contribution in [1.29, 1.82) is 0 Å². The van der Waals surface area contributed by atoms with Crippen molar-refractivity contribution in [2.45, 2.75) is 26.3 Å². The smallest absolute Gasteiger partial charge is 0.261 e. The Morgan fingerprint density at radius 1 is 1.50 bits per heavy atom. The predicted molar refractivity (Wildman–Crippen MR) is 51.5 cm³/mol. The molecular weight excluding hydrogens is 170 g/mol. The molecule has 0 radical (unpaired) electrons. The minimum absolute atomic E-state index is 0.0116. The molecule has 1 rings (SSSR count). The van der Waals surface area contributed by atoms with Gasteiger partial charge in [-0.3, -0.25) is 4.79 Å². The maximum absolute atomic E-state index is 11.4. The minimum atomic E-state index is -0.152. The number of amides is 1. The SMILES string of the molecule is CC(C)(C)NC(=O)c1cccs1. The highest BCUT2D eigenvalue weighted by molar-refractivity contribution is 7.12. The molecule has 66 valence electrons. The van der Waals surface area contributed by atoms with Crippen molar-refractivity contribution in [3.8, 4) is 0 Å². The van der Waals surface area contributed by atoms with Gasteiger partial charge in [0.1, 0.15) is 0 Å². The van der Waals surface area contributed by atoms with Gasteiger partial charge in [0.2, 0.25) is 0 Å². The molecule has 0 unspecified atom stereocenters. The number of carbonyl (C=O) groups excluding carboxylic acids is 1. The minimum Gasteiger partial charge on any atom is -0.347 e. The molecule has 1 aromatic heterocycles. The van der Waals surface area contributed by atoms with Crippen molar-refractivity contribution in [1.82, 2.24) is 5.32 Å². The quantitative estimate of drug-likeness (QED) is 0.711. The Labute approximate surface area is 76.6 Å². The fourth-order valence-electron chi connectivity index (χ4n) is 0.810.